The highest BCUT2D eigenvalue weighted by molar-refractivity contribution is 7.92. The van der Waals surface area contributed by atoms with Crippen LogP contribution in [0.1, 0.15) is 0 Å². The number of tetrazole rings is 1. The van der Waals surface area contributed by atoms with Gasteiger partial charge in [-0.05, 0) is 47.7 Å². The van der Waals surface area contributed by atoms with Crippen molar-refractivity contribution in [1.29, 1.82) is 0 Å². The van der Waals surface area contributed by atoms with E-state index in [4.69, 9.17) is 4.74 Å². The van der Waals surface area contributed by atoms with Crippen LogP contribution >= 0.6 is 0 Å². The Morgan fingerprint density at radius 1 is 1.17 bits per heavy atom. The van der Waals surface area contributed by atoms with E-state index in [9.17, 15) is 12.8 Å². The lowest BCUT2D eigenvalue weighted by molar-refractivity contribution is 0.385. The molecule has 0 aliphatic heterocycles. The Balaban J connectivity index is 1.83. The third-order valence-electron chi connectivity index (χ3n) is 3.17. The molecule has 0 saturated heterocycles. The van der Waals surface area contributed by atoms with E-state index in [0.717, 1.165) is 6.07 Å². The number of rotatable bonds is 5. The zero-order chi connectivity index (χ0) is 17.2. The minimum atomic E-state index is -3.92. The van der Waals surface area contributed by atoms with Crippen molar-refractivity contribution >= 4 is 15.7 Å². The quantitative estimate of drug-likeness (QED) is 0.727. The standard InChI is InChI=1S/C14H12FN5O3S/c1-23-13-7-6-11(8-12(13)15)24(21,22)18-10-4-2-9(3-5-10)14-16-19-20-17-14/h2-8,18H,1H3,(H,16,17,19,20). The summed E-state index contributed by atoms with van der Waals surface area (Å²) in [6, 6.07) is 9.77. The van der Waals surface area contributed by atoms with Gasteiger partial charge in [0.15, 0.2) is 11.6 Å². The number of anilines is 1. The van der Waals surface area contributed by atoms with Crippen LogP contribution in [0.5, 0.6) is 5.75 Å². The molecule has 2 aromatic carbocycles. The van der Waals surface area contributed by atoms with Gasteiger partial charge in [-0.3, -0.25) is 4.72 Å². The van der Waals surface area contributed by atoms with E-state index in [1.165, 1.54) is 19.2 Å². The summed E-state index contributed by atoms with van der Waals surface area (Å²) in [6.45, 7) is 0. The molecule has 0 fully saturated rings. The van der Waals surface area contributed by atoms with Gasteiger partial charge >= 0.3 is 0 Å². The Morgan fingerprint density at radius 2 is 1.92 bits per heavy atom. The molecular formula is C14H12FN5O3S. The molecule has 0 aliphatic carbocycles. The number of methoxy groups -OCH3 is 1. The number of hydrogen-bond donors (Lipinski definition) is 2. The lowest BCUT2D eigenvalue weighted by Gasteiger charge is -2.09. The predicted octanol–water partition coefficient (Wildman–Crippen LogP) is 1.82. The van der Waals surface area contributed by atoms with Gasteiger partial charge in [0.1, 0.15) is 0 Å². The molecule has 1 heterocycles. The van der Waals surface area contributed by atoms with Crippen LogP contribution in [0.2, 0.25) is 0 Å². The number of nitrogens with zero attached hydrogens (tertiary/aromatic N) is 3. The monoisotopic (exact) mass is 349 g/mol. The van der Waals surface area contributed by atoms with E-state index in [1.807, 2.05) is 0 Å². The number of H-pyrrole nitrogens is 1. The second-order valence-electron chi connectivity index (χ2n) is 4.71. The van der Waals surface area contributed by atoms with Crippen molar-refractivity contribution in [3.8, 4) is 17.1 Å². The predicted molar refractivity (Wildman–Crippen MR) is 83.4 cm³/mol. The summed E-state index contributed by atoms with van der Waals surface area (Å²) in [5.74, 6) is -0.395. The Morgan fingerprint density at radius 3 is 2.50 bits per heavy atom. The van der Waals surface area contributed by atoms with E-state index in [0.29, 0.717) is 17.1 Å². The molecule has 3 rings (SSSR count). The van der Waals surface area contributed by atoms with Crippen LogP contribution in [0.25, 0.3) is 11.4 Å². The van der Waals surface area contributed by atoms with Gasteiger partial charge in [-0.1, -0.05) is 0 Å². The number of ether oxygens (including phenoxy) is 1. The molecule has 0 amide bonds. The molecule has 0 spiro atoms. The lowest BCUT2D eigenvalue weighted by atomic mass is 10.2. The topological polar surface area (TPSA) is 110 Å². The SMILES string of the molecule is COc1ccc(S(=O)(=O)Nc2ccc(-c3nn[nH]n3)cc2)cc1F. The van der Waals surface area contributed by atoms with Gasteiger partial charge in [-0.2, -0.15) is 5.21 Å². The first-order valence-corrected chi connectivity index (χ1v) is 8.18. The molecule has 124 valence electrons. The Labute approximate surface area is 136 Å². The Hall–Kier alpha value is -3.01. The zero-order valence-corrected chi connectivity index (χ0v) is 13.2. The first-order chi connectivity index (χ1) is 11.5. The number of sulfonamides is 1. The van der Waals surface area contributed by atoms with Gasteiger partial charge in [0.2, 0.25) is 5.82 Å². The van der Waals surface area contributed by atoms with Crippen LogP contribution in [0, 0.1) is 5.82 Å². The highest BCUT2D eigenvalue weighted by Gasteiger charge is 2.17. The number of nitrogens with one attached hydrogen (secondary N) is 2. The first-order valence-electron chi connectivity index (χ1n) is 6.70. The maximum atomic E-state index is 13.7. The molecule has 8 nitrogen and oxygen atoms in total. The second kappa shape index (κ2) is 6.24. The van der Waals surface area contributed by atoms with Crippen molar-refractivity contribution in [2.75, 3.05) is 11.8 Å². The van der Waals surface area contributed by atoms with Crippen LogP contribution in [0.15, 0.2) is 47.4 Å². The number of benzene rings is 2. The molecule has 0 radical (unpaired) electrons. The Kier molecular flexibility index (Phi) is 4.13. The first kappa shape index (κ1) is 15.9. The molecule has 0 unspecified atom stereocenters. The summed E-state index contributed by atoms with van der Waals surface area (Å²) in [5, 5.41) is 13.4. The third-order valence-corrected chi connectivity index (χ3v) is 4.55. The van der Waals surface area contributed by atoms with Gasteiger partial charge in [-0.25, -0.2) is 12.8 Å². The summed E-state index contributed by atoms with van der Waals surface area (Å²) >= 11 is 0. The number of aromatic nitrogens is 4. The van der Waals surface area contributed by atoms with Crippen LogP contribution in [0.3, 0.4) is 0 Å². The van der Waals surface area contributed by atoms with Crippen molar-refractivity contribution in [1.82, 2.24) is 20.6 Å². The normalized spacial score (nSPS) is 11.2. The highest BCUT2D eigenvalue weighted by atomic mass is 32.2. The van der Waals surface area contributed by atoms with Crippen LogP contribution in [-0.2, 0) is 10.0 Å². The fourth-order valence-electron chi connectivity index (χ4n) is 2.00. The maximum Gasteiger partial charge on any atom is 0.262 e. The minimum absolute atomic E-state index is 0.0292. The van der Waals surface area contributed by atoms with Gasteiger partial charge in [0.05, 0.1) is 12.0 Å². The Bertz CT molecular complexity index is 943. The van der Waals surface area contributed by atoms with Gasteiger partial charge < -0.3 is 4.74 Å². The van der Waals surface area contributed by atoms with Crippen molar-refractivity contribution in [3.05, 3.63) is 48.3 Å². The molecule has 10 heteroatoms. The van der Waals surface area contributed by atoms with Crippen molar-refractivity contribution in [2.45, 2.75) is 4.90 Å². The summed E-state index contributed by atoms with van der Waals surface area (Å²) in [4.78, 5) is -0.206. The average molecular weight is 349 g/mol. The van der Waals surface area contributed by atoms with E-state index < -0.39 is 15.8 Å². The maximum absolute atomic E-state index is 13.7. The van der Waals surface area contributed by atoms with Crippen molar-refractivity contribution in [3.63, 3.8) is 0 Å². The number of hydrogen-bond acceptors (Lipinski definition) is 6. The molecule has 2 N–H and O–H groups in total. The number of halogens is 1. The smallest absolute Gasteiger partial charge is 0.262 e. The van der Waals surface area contributed by atoms with Crippen molar-refractivity contribution in [2.24, 2.45) is 0 Å². The van der Waals surface area contributed by atoms with Gasteiger partial charge in [0.25, 0.3) is 10.0 Å². The molecule has 3 aromatic rings. The lowest BCUT2D eigenvalue weighted by Crippen LogP contribution is -2.13. The van der Waals surface area contributed by atoms with Crippen LogP contribution < -0.4 is 9.46 Å². The molecule has 1 aromatic heterocycles. The van der Waals surface area contributed by atoms with E-state index in [-0.39, 0.29) is 10.6 Å². The van der Waals surface area contributed by atoms with Crippen LogP contribution in [-0.4, -0.2) is 36.2 Å². The number of aromatic amines is 1. The highest BCUT2D eigenvalue weighted by Crippen LogP contribution is 2.23. The molecule has 24 heavy (non-hydrogen) atoms. The fraction of sp³-hybridized carbons (Fsp3) is 0.0714. The molecule has 0 bridgehead atoms. The summed E-state index contributed by atoms with van der Waals surface area (Å²) in [7, 11) is -2.62. The van der Waals surface area contributed by atoms with Crippen molar-refractivity contribution < 1.29 is 17.5 Å². The van der Waals surface area contributed by atoms with Crippen LogP contribution in [0.4, 0.5) is 10.1 Å². The van der Waals surface area contributed by atoms with E-state index >= 15 is 0 Å². The molecule has 0 saturated carbocycles. The largest absolute Gasteiger partial charge is 0.494 e. The minimum Gasteiger partial charge on any atom is -0.494 e. The van der Waals surface area contributed by atoms with E-state index in [1.54, 1.807) is 24.3 Å². The third kappa shape index (κ3) is 3.18. The molecule has 0 aliphatic rings. The summed E-state index contributed by atoms with van der Waals surface area (Å²) in [5.41, 5.74) is 0.987. The second-order valence-corrected chi connectivity index (χ2v) is 6.40. The van der Waals surface area contributed by atoms with Gasteiger partial charge in [-0.15, -0.1) is 10.2 Å². The summed E-state index contributed by atoms with van der Waals surface area (Å²) in [6.07, 6.45) is 0. The van der Waals surface area contributed by atoms with Gasteiger partial charge in [0, 0.05) is 11.3 Å². The zero-order valence-electron chi connectivity index (χ0n) is 12.4. The summed E-state index contributed by atoms with van der Waals surface area (Å²) < 4.78 is 45.4. The average Bonchev–Trinajstić information content (AvgIpc) is 3.09. The fourth-order valence-corrected chi connectivity index (χ4v) is 3.07. The molecular weight excluding hydrogens is 337 g/mol. The van der Waals surface area contributed by atoms with E-state index in [2.05, 4.69) is 25.3 Å². The molecule has 0 atom stereocenters.